The predicted octanol–water partition coefficient (Wildman–Crippen LogP) is 2.90. The first-order valence-corrected chi connectivity index (χ1v) is 7.95. The minimum Gasteiger partial charge on any atom is -0.494 e. The first-order valence-electron chi connectivity index (χ1n) is 7.54. The van der Waals surface area contributed by atoms with E-state index in [1.165, 1.54) is 0 Å². The van der Waals surface area contributed by atoms with E-state index in [-0.39, 0.29) is 0 Å². The topological polar surface area (TPSA) is 71.6 Å². The second-order valence-corrected chi connectivity index (χ2v) is 6.18. The first kappa shape index (κ1) is 19.0. The van der Waals surface area contributed by atoms with Gasteiger partial charge in [0.05, 0.1) is 6.61 Å². The molecular formula is C16H25N3O3S. The fourth-order valence-corrected chi connectivity index (χ4v) is 1.85. The number of hydrogen-bond acceptors (Lipinski definition) is 4. The second kappa shape index (κ2) is 9.19. The fourth-order valence-electron chi connectivity index (χ4n) is 1.63. The van der Waals surface area contributed by atoms with E-state index >= 15 is 0 Å². The molecule has 0 bridgehead atoms. The minimum atomic E-state index is -0.498. The SMILES string of the molecule is CCOc1ccc(NC(=S)NCCNC(=O)OC(C)(C)C)cc1. The minimum absolute atomic E-state index is 0.417. The van der Waals surface area contributed by atoms with Crippen molar-refractivity contribution in [3.8, 4) is 5.75 Å². The lowest BCUT2D eigenvalue weighted by molar-refractivity contribution is 0.0529. The van der Waals surface area contributed by atoms with Crippen LogP contribution >= 0.6 is 12.2 Å². The van der Waals surface area contributed by atoms with Crippen molar-refractivity contribution in [2.45, 2.75) is 33.3 Å². The Bertz CT molecular complexity index is 512. The predicted molar refractivity (Wildman–Crippen MR) is 96.1 cm³/mol. The highest BCUT2D eigenvalue weighted by atomic mass is 32.1. The molecule has 0 aliphatic rings. The lowest BCUT2D eigenvalue weighted by Crippen LogP contribution is -2.39. The van der Waals surface area contributed by atoms with Gasteiger partial charge in [-0.05, 0) is 64.2 Å². The molecule has 0 saturated carbocycles. The average molecular weight is 339 g/mol. The van der Waals surface area contributed by atoms with Crippen LogP contribution in [-0.2, 0) is 4.74 Å². The molecule has 0 spiro atoms. The van der Waals surface area contributed by atoms with Crippen LogP contribution in [0.25, 0.3) is 0 Å². The van der Waals surface area contributed by atoms with Gasteiger partial charge < -0.3 is 25.4 Å². The zero-order valence-electron chi connectivity index (χ0n) is 14.1. The number of carbonyl (C=O) groups excluding carboxylic acids is 1. The van der Waals surface area contributed by atoms with E-state index in [2.05, 4.69) is 16.0 Å². The summed E-state index contributed by atoms with van der Waals surface area (Å²) in [6.45, 7) is 8.96. The highest BCUT2D eigenvalue weighted by molar-refractivity contribution is 7.80. The lowest BCUT2D eigenvalue weighted by Gasteiger charge is -2.19. The Morgan fingerprint density at radius 3 is 2.30 bits per heavy atom. The molecule has 3 N–H and O–H groups in total. The molecule has 0 fully saturated rings. The van der Waals surface area contributed by atoms with Crippen LogP contribution in [0, 0.1) is 0 Å². The van der Waals surface area contributed by atoms with Crippen molar-refractivity contribution in [2.24, 2.45) is 0 Å². The summed E-state index contributed by atoms with van der Waals surface area (Å²) in [7, 11) is 0. The van der Waals surface area contributed by atoms with E-state index in [1.54, 1.807) is 0 Å². The number of nitrogens with one attached hydrogen (secondary N) is 3. The third-order valence-corrected chi connectivity index (χ3v) is 2.75. The van der Waals surface area contributed by atoms with Crippen LogP contribution in [0.4, 0.5) is 10.5 Å². The third-order valence-electron chi connectivity index (χ3n) is 2.50. The molecule has 7 heteroatoms. The summed E-state index contributed by atoms with van der Waals surface area (Å²) >= 11 is 5.19. The monoisotopic (exact) mass is 339 g/mol. The van der Waals surface area contributed by atoms with Gasteiger partial charge in [0.15, 0.2) is 5.11 Å². The molecule has 1 amide bonds. The van der Waals surface area contributed by atoms with Crippen molar-refractivity contribution in [2.75, 3.05) is 25.0 Å². The fraction of sp³-hybridized carbons (Fsp3) is 0.500. The molecular weight excluding hydrogens is 314 g/mol. The van der Waals surface area contributed by atoms with Crippen molar-refractivity contribution in [3.63, 3.8) is 0 Å². The molecule has 1 rings (SSSR count). The quantitative estimate of drug-likeness (QED) is 0.547. The van der Waals surface area contributed by atoms with Gasteiger partial charge in [-0.1, -0.05) is 0 Å². The molecule has 0 unspecified atom stereocenters. The van der Waals surface area contributed by atoms with Crippen molar-refractivity contribution >= 4 is 29.1 Å². The lowest BCUT2D eigenvalue weighted by atomic mass is 10.2. The van der Waals surface area contributed by atoms with Crippen LogP contribution in [-0.4, -0.2) is 36.5 Å². The van der Waals surface area contributed by atoms with Gasteiger partial charge in [-0.25, -0.2) is 4.79 Å². The Morgan fingerprint density at radius 1 is 1.13 bits per heavy atom. The Balaban J connectivity index is 2.23. The molecule has 0 heterocycles. The largest absolute Gasteiger partial charge is 0.494 e. The van der Waals surface area contributed by atoms with Crippen LogP contribution in [0.2, 0.25) is 0 Å². The second-order valence-electron chi connectivity index (χ2n) is 5.77. The van der Waals surface area contributed by atoms with E-state index < -0.39 is 11.7 Å². The molecule has 0 aliphatic carbocycles. The van der Waals surface area contributed by atoms with E-state index in [1.807, 2.05) is 52.0 Å². The number of carbonyl (C=O) groups is 1. The first-order chi connectivity index (χ1) is 10.8. The molecule has 128 valence electrons. The smallest absolute Gasteiger partial charge is 0.407 e. The van der Waals surface area contributed by atoms with Crippen LogP contribution in [0.3, 0.4) is 0 Å². The Labute approximate surface area is 142 Å². The molecule has 1 aromatic carbocycles. The van der Waals surface area contributed by atoms with Gasteiger partial charge in [-0.15, -0.1) is 0 Å². The van der Waals surface area contributed by atoms with E-state index in [4.69, 9.17) is 21.7 Å². The number of amides is 1. The number of hydrogen-bond donors (Lipinski definition) is 3. The van der Waals surface area contributed by atoms with E-state index in [0.29, 0.717) is 24.8 Å². The van der Waals surface area contributed by atoms with Gasteiger partial charge in [0.2, 0.25) is 0 Å². The summed E-state index contributed by atoms with van der Waals surface area (Å²) in [5.74, 6) is 0.818. The number of benzene rings is 1. The van der Waals surface area contributed by atoms with Gasteiger partial charge in [-0.3, -0.25) is 0 Å². The number of ether oxygens (including phenoxy) is 2. The zero-order chi connectivity index (χ0) is 17.3. The molecule has 0 radical (unpaired) electrons. The Morgan fingerprint density at radius 2 is 1.74 bits per heavy atom. The van der Waals surface area contributed by atoms with Gasteiger partial charge in [0, 0.05) is 18.8 Å². The molecule has 0 aliphatic heterocycles. The summed E-state index contributed by atoms with van der Waals surface area (Å²) in [6.07, 6.45) is -0.440. The van der Waals surface area contributed by atoms with Crippen molar-refractivity contribution in [3.05, 3.63) is 24.3 Å². The van der Waals surface area contributed by atoms with E-state index in [0.717, 1.165) is 11.4 Å². The standard InChI is InChI=1S/C16H25N3O3S/c1-5-21-13-8-6-12(7-9-13)19-14(23)17-10-11-18-15(20)22-16(2,3)4/h6-9H,5,10-11H2,1-4H3,(H,18,20)(H2,17,19,23). The Kier molecular flexibility index (Phi) is 7.61. The maximum Gasteiger partial charge on any atom is 0.407 e. The third kappa shape index (κ3) is 8.87. The van der Waals surface area contributed by atoms with Gasteiger partial charge in [-0.2, -0.15) is 0 Å². The van der Waals surface area contributed by atoms with Crippen LogP contribution in [0.1, 0.15) is 27.7 Å². The highest BCUT2D eigenvalue weighted by Crippen LogP contribution is 2.15. The summed E-state index contributed by atoms with van der Waals surface area (Å²) in [5, 5.41) is 9.20. The van der Waals surface area contributed by atoms with Gasteiger partial charge in [0.1, 0.15) is 11.4 Å². The highest BCUT2D eigenvalue weighted by Gasteiger charge is 2.15. The number of anilines is 1. The number of thiocarbonyl (C=S) groups is 1. The summed E-state index contributed by atoms with van der Waals surface area (Å²) in [5.41, 5.74) is 0.369. The molecule has 0 aromatic heterocycles. The normalized spacial score (nSPS) is 10.6. The van der Waals surface area contributed by atoms with Crippen molar-refractivity contribution < 1.29 is 14.3 Å². The van der Waals surface area contributed by atoms with E-state index in [9.17, 15) is 4.79 Å². The van der Waals surface area contributed by atoms with Crippen molar-refractivity contribution in [1.82, 2.24) is 10.6 Å². The van der Waals surface area contributed by atoms with Crippen molar-refractivity contribution in [1.29, 1.82) is 0 Å². The summed E-state index contributed by atoms with van der Waals surface area (Å²) < 4.78 is 10.5. The van der Waals surface area contributed by atoms with Gasteiger partial charge in [0.25, 0.3) is 0 Å². The summed E-state index contributed by atoms with van der Waals surface area (Å²) in [4.78, 5) is 11.5. The zero-order valence-corrected chi connectivity index (χ0v) is 14.9. The Hall–Kier alpha value is -2.02. The molecule has 0 atom stereocenters. The molecule has 0 saturated heterocycles. The summed E-state index contributed by atoms with van der Waals surface area (Å²) in [6, 6.07) is 7.52. The van der Waals surface area contributed by atoms with Crippen LogP contribution < -0.4 is 20.7 Å². The van der Waals surface area contributed by atoms with Crippen LogP contribution in [0.5, 0.6) is 5.75 Å². The molecule has 6 nitrogen and oxygen atoms in total. The maximum atomic E-state index is 11.5. The maximum absolute atomic E-state index is 11.5. The number of rotatable bonds is 6. The molecule has 1 aromatic rings. The number of alkyl carbamates (subject to hydrolysis) is 1. The van der Waals surface area contributed by atoms with Gasteiger partial charge >= 0.3 is 6.09 Å². The average Bonchev–Trinajstić information content (AvgIpc) is 2.44. The molecule has 23 heavy (non-hydrogen) atoms. The van der Waals surface area contributed by atoms with Crippen LogP contribution in [0.15, 0.2) is 24.3 Å².